The molecule has 1 aliphatic heterocycles. The molecule has 0 aromatic carbocycles. The molecule has 0 spiro atoms. The molecular formula is C6H12B2O8P2. The molecule has 18 heavy (non-hydrogen) atoms. The van der Waals surface area contributed by atoms with Gasteiger partial charge in [0.05, 0.1) is 12.7 Å². The minimum atomic E-state index is -5.03. The standard InChI is InChI=1S/C6H12B2O8P2/c1-3-5(9)4(15-6(3)7)2-14-17(8,10)16-18(11,12)13/h3-6,9H,2H2,1H3,(H2,11,12,13)/t3?,4?,5-,6+,17?/m0/s1. The first kappa shape index (κ1) is 16.4. The quantitative estimate of drug-likeness (QED) is 0.448. The summed E-state index contributed by atoms with van der Waals surface area (Å²) in [5.41, 5.74) is 0. The predicted molar refractivity (Wildman–Crippen MR) is 62.0 cm³/mol. The van der Waals surface area contributed by atoms with Crippen molar-refractivity contribution < 1.29 is 37.6 Å². The van der Waals surface area contributed by atoms with E-state index < -0.39 is 40.1 Å². The van der Waals surface area contributed by atoms with E-state index in [-0.39, 0.29) is 5.92 Å². The van der Waals surface area contributed by atoms with Crippen molar-refractivity contribution in [3.8, 4) is 0 Å². The molecule has 12 heteroatoms. The van der Waals surface area contributed by atoms with Gasteiger partial charge in [-0.25, -0.2) is 8.88 Å². The molecule has 1 rings (SSSR count). The van der Waals surface area contributed by atoms with Crippen LogP contribution in [0.5, 0.6) is 0 Å². The Balaban J connectivity index is 2.51. The summed E-state index contributed by atoms with van der Waals surface area (Å²) in [6, 6.07) is -0.714. The summed E-state index contributed by atoms with van der Waals surface area (Å²) >= 11 is 0. The molecule has 0 aliphatic carbocycles. The van der Waals surface area contributed by atoms with Crippen molar-refractivity contribution in [3.05, 3.63) is 0 Å². The fraction of sp³-hybridized carbons (Fsp3) is 1.00. The van der Waals surface area contributed by atoms with E-state index in [9.17, 15) is 14.2 Å². The van der Waals surface area contributed by atoms with Crippen LogP contribution in [0.4, 0.5) is 0 Å². The minimum Gasteiger partial charge on any atom is -0.390 e. The lowest BCUT2D eigenvalue weighted by Crippen LogP contribution is -2.29. The molecule has 1 heterocycles. The van der Waals surface area contributed by atoms with Crippen LogP contribution >= 0.6 is 15.3 Å². The van der Waals surface area contributed by atoms with E-state index in [1.54, 1.807) is 6.92 Å². The van der Waals surface area contributed by atoms with Crippen molar-refractivity contribution in [1.82, 2.24) is 0 Å². The molecular weight excluding hydrogens is 284 g/mol. The maximum Gasteiger partial charge on any atom is 0.476 e. The lowest BCUT2D eigenvalue weighted by molar-refractivity contribution is 0.000557. The van der Waals surface area contributed by atoms with Crippen LogP contribution in [0.1, 0.15) is 6.92 Å². The highest BCUT2D eigenvalue weighted by Gasteiger charge is 2.39. The third-order valence-corrected chi connectivity index (χ3v) is 4.68. The highest BCUT2D eigenvalue weighted by Crippen LogP contribution is 2.57. The van der Waals surface area contributed by atoms with Crippen molar-refractivity contribution >= 4 is 30.7 Å². The molecule has 0 bridgehead atoms. The van der Waals surface area contributed by atoms with Crippen LogP contribution in [0.2, 0.25) is 0 Å². The van der Waals surface area contributed by atoms with Gasteiger partial charge in [-0.05, 0) is 0 Å². The van der Waals surface area contributed by atoms with Crippen LogP contribution in [0.3, 0.4) is 0 Å². The van der Waals surface area contributed by atoms with Crippen molar-refractivity contribution in [1.29, 1.82) is 0 Å². The monoisotopic (exact) mass is 296 g/mol. The zero-order chi connectivity index (χ0) is 14.1. The topological polar surface area (TPSA) is 123 Å². The summed E-state index contributed by atoms with van der Waals surface area (Å²) in [5.74, 6) is -0.363. The number of hydrogen-bond acceptors (Lipinski definition) is 6. The molecule has 1 fully saturated rings. The summed E-state index contributed by atoms with van der Waals surface area (Å²) in [7, 11) is 0.996. The normalized spacial score (nSPS) is 36.4. The number of rotatable bonds is 5. The predicted octanol–water partition coefficient (Wildman–Crippen LogP) is -0.721. The van der Waals surface area contributed by atoms with E-state index in [0.717, 1.165) is 0 Å². The number of aliphatic hydroxyl groups excluding tert-OH is 1. The number of ether oxygens (including phenoxy) is 1. The highest BCUT2D eigenvalue weighted by molar-refractivity contribution is 7.83. The maximum atomic E-state index is 11.3. The Hall–Kier alpha value is 0.350. The molecule has 100 valence electrons. The maximum absolute atomic E-state index is 11.3. The number of hydrogen-bond donors (Lipinski definition) is 3. The first-order valence-corrected chi connectivity index (χ1v) is 8.05. The Kier molecular flexibility index (Phi) is 5.26. The lowest BCUT2D eigenvalue weighted by Gasteiger charge is -2.19. The van der Waals surface area contributed by atoms with Gasteiger partial charge < -0.3 is 24.2 Å². The molecule has 0 aromatic heterocycles. The third kappa shape index (κ3) is 4.79. The van der Waals surface area contributed by atoms with Gasteiger partial charge in [-0.1, -0.05) is 6.92 Å². The molecule has 1 aliphatic rings. The fourth-order valence-corrected chi connectivity index (χ4v) is 3.16. The Morgan fingerprint density at radius 3 is 2.33 bits per heavy atom. The van der Waals surface area contributed by atoms with E-state index in [2.05, 4.69) is 8.83 Å². The molecule has 1 saturated heterocycles. The summed E-state index contributed by atoms with van der Waals surface area (Å²) in [5, 5.41) is 9.65. The first-order chi connectivity index (χ1) is 8.02. The Morgan fingerprint density at radius 2 is 1.94 bits per heavy atom. The SMILES string of the molecule is [B][C@@H]1OC(COP([B])(=O)OP(=O)(O)O)[C@@H](O)C1C. The second-order valence-corrected chi connectivity index (χ2v) is 6.87. The van der Waals surface area contributed by atoms with Gasteiger partial charge >= 0.3 is 7.82 Å². The van der Waals surface area contributed by atoms with E-state index >= 15 is 0 Å². The van der Waals surface area contributed by atoms with E-state index in [1.807, 2.05) is 0 Å². The van der Waals surface area contributed by atoms with Crippen LogP contribution < -0.4 is 0 Å². The van der Waals surface area contributed by atoms with Crippen molar-refractivity contribution in [2.75, 3.05) is 6.61 Å². The zero-order valence-corrected chi connectivity index (χ0v) is 11.2. The molecule has 3 unspecified atom stereocenters. The average Bonchev–Trinajstić information content (AvgIpc) is 2.39. The Bertz CT molecular complexity index is 386. The molecule has 8 nitrogen and oxygen atoms in total. The summed E-state index contributed by atoms with van der Waals surface area (Å²) in [6.07, 6.45) is -1.86. The molecule has 0 saturated carbocycles. The van der Waals surface area contributed by atoms with Gasteiger partial charge in [0.15, 0.2) is 0 Å². The molecule has 5 atom stereocenters. The van der Waals surface area contributed by atoms with Crippen molar-refractivity contribution in [2.24, 2.45) is 5.92 Å². The van der Waals surface area contributed by atoms with E-state index in [0.29, 0.717) is 0 Å². The Labute approximate surface area is 107 Å². The molecule has 3 N–H and O–H groups in total. The van der Waals surface area contributed by atoms with Gasteiger partial charge in [0.2, 0.25) is 7.57 Å². The zero-order valence-electron chi connectivity index (χ0n) is 9.45. The van der Waals surface area contributed by atoms with Gasteiger partial charge in [0, 0.05) is 11.9 Å². The molecule has 4 radical (unpaired) electrons. The van der Waals surface area contributed by atoms with Crippen LogP contribution in [-0.4, -0.2) is 55.1 Å². The van der Waals surface area contributed by atoms with E-state index in [1.165, 1.54) is 0 Å². The largest absolute Gasteiger partial charge is 0.476 e. The van der Waals surface area contributed by atoms with Crippen LogP contribution in [0, 0.1) is 5.92 Å². The van der Waals surface area contributed by atoms with Gasteiger partial charge in [-0.2, -0.15) is 0 Å². The van der Waals surface area contributed by atoms with Crippen LogP contribution in [0.15, 0.2) is 0 Å². The third-order valence-electron chi connectivity index (χ3n) is 2.41. The van der Waals surface area contributed by atoms with Crippen LogP contribution in [0.25, 0.3) is 0 Å². The first-order valence-electron chi connectivity index (χ1n) is 4.91. The summed E-state index contributed by atoms with van der Waals surface area (Å²) < 4.78 is 35.2. The molecule has 0 aromatic rings. The Morgan fingerprint density at radius 1 is 1.39 bits per heavy atom. The van der Waals surface area contributed by atoms with Gasteiger partial charge in [0.1, 0.15) is 14.0 Å². The van der Waals surface area contributed by atoms with Crippen molar-refractivity contribution in [3.63, 3.8) is 0 Å². The van der Waals surface area contributed by atoms with Gasteiger partial charge in [0.25, 0.3) is 7.47 Å². The molecule has 0 amide bonds. The summed E-state index contributed by atoms with van der Waals surface area (Å²) in [6.45, 7) is 1.18. The highest BCUT2D eigenvalue weighted by atomic mass is 31.3. The number of aliphatic hydroxyl groups is 1. The van der Waals surface area contributed by atoms with Gasteiger partial charge in [-0.15, -0.1) is 0 Å². The second-order valence-electron chi connectivity index (χ2n) is 3.90. The summed E-state index contributed by atoms with van der Waals surface area (Å²) in [4.78, 5) is 16.9. The van der Waals surface area contributed by atoms with Crippen molar-refractivity contribution in [2.45, 2.75) is 25.1 Å². The van der Waals surface area contributed by atoms with Crippen LogP contribution in [-0.2, 0) is 22.7 Å². The minimum absolute atomic E-state index is 0.363. The fourth-order valence-electron chi connectivity index (χ4n) is 1.43. The number of phosphoric acid groups is 1. The van der Waals surface area contributed by atoms with Gasteiger partial charge in [-0.3, -0.25) is 4.57 Å². The second kappa shape index (κ2) is 5.77. The lowest BCUT2D eigenvalue weighted by atomic mass is 9.86. The smallest absolute Gasteiger partial charge is 0.390 e. The van der Waals surface area contributed by atoms with E-state index in [4.69, 9.17) is 29.9 Å². The average molecular weight is 296 g/mol.